The average Bonchev–Trinajstić information content (AvgIpc) is 2.75. The predicted molar refractivity (Wildman–Crippen MR) is 77.2 cm³/mol. The number of aromatic nitrogens is 2. The van der Waals surface area contributed by atoms with Gasteiger partial charge in [0, 0.05) is 18.8 Å². The summed E-state index contributed by atoms with van der Waals surface area (Å²) >= 11 is 0. The molecule has 0 unspecified atom stereocenters. The van der Waals surface area contributed by atoms with Gasteiger partial charge in [-0.05, 0) is 32.0 Å². The van der Waals surface area contributed by atoms with Crippen LogP contribution in [0, 0.1) is 6.92 Å². The van der Waals surface area contributed by atoms with E-state index in [0.717, 1.165) is 17.0 Å². The standard InChI is InChI=1S/C14H16N4O2/c1-9(13-8-18(3)17-10(13)2)15-16-12-6-4-5-11(7-12)14(19)20/h4-8,16H,1-3H3,(H,19,20)/b15-9+. The monoisotopic (exact) mass is 272 g/mol. The first-order valence-corrected chi connectivity index (χ1v) is 6.11. The van der Waals surface area contributed by atoms with Crippen LogP contribution in [0.5, 0.6) is 0 Å². The molecule has 2 rings (SSSR count). The predicted octanol–water partition coefficient (Wildman–Crippen LogP) is 2.26. The first-order valence-electron chi connectivity index (χ1n) is 6.11. The number of rotatable bonds is 4. The zero-order chi connectivity index (χ0) is 14.7. The highest BCUT2D eigenvalue weighted by Gasteiger charge is 2.06. The third-order valence-corrected chi connectivity index (χ3v) is 2.87. The first-order chi connectivity index (χ1) is 9.47. The fraction of sp³-hybridized carbons (Fsp3) is 0.214. The maximum Gasteiger partial charge on any atom is 0.335 e. The molecule has 2 N–H and O–H groups in total. The summed E-state index contributed by atoms with van der Waals surface area (Å²) in [5, 5.41) is 17.4. The molecule has 2 aromatic rings. The minimum absolute atomic E-state index is 0.223. The van der Waals surface area contributed by atoms with Crippen molar-refractivity contribution in [1.29, 1.82) is 0 Å². The third kappa shape index (κ3) is 3.03. The maximum absolute atomic E-state index is 10.9. The number of carboxylic acids is 1. The lowest BCUT2D eigenvalue weighted by molar-refractivity contribution is 0.0697. The molecule has 0 fully saturated rings. The fourth-order valence-electron chi connectivity index (χ4n) is 1.89. The molecule has 104 valence electrons. The minimum Gasteiger partial charge on any atom is -0.478 e. The van der Waals surface area contributed by atoms with E-state index >= 15 is 0 Å². The van der Waals surface area contributed by atoms with Gasteiger partial charge in [-0.3, -0.25) is 10.1 Å². The van der Waals surface area contributed by atoms with Crippen molar-refractivity contribution in [2.45, 2.75) is 13.8 Å². The van der Waals surface area contributed by atoms with Crippen molar-refractivity contribution in [3.05, 3.63) is 47.3 Å². The average molecular weight is 272 g/mol. The molecule has 0 aliphatic carbocycles. The van der Waals surface area contributed by atoms with E-state index in [-0.39, 0.29) is 5.56 Å². The van der Waals surface area contributed by atoms with Gasteiger partial charge < -0.3 is 5.11 Å². The highest BCUT2D eigenvalue weighted by molar-refractivity contribution is 5.99. The fourth-order valence-corrected chi connectivity index (χ4v) is 1.89. The van der Waals surface area contributed by atoms with E-state index in [2.05, 4.69) is 15.6 Å². The maximum atomic E-state index is 10.9. The molecule has 0 amide bonds. The molecule has 6 nitrogen and oxygen atoms in total. The quantitative estimate of drug-likeness (QED) is 0.661. The Morgan fingerprint density at radius 1 is 1.45 bits per heavy atom. The largest absolute Gasteiger partial charge is 0.478 e. The normalized spacial score (nSPS) is 11.4. The van der Waals surface area contributed by atoms with Crippen LogP contribution in [0.2, 0.25) is 0 Å². The van der Waals surface area contributed by atoms with Gasteiger partial charge in [0.05, 0.1) is 22.7 Å². The van der Waals surface area contributed by atoms with Crippen LogP contribution >= 0.6 is 0 Å². The molecule has 1 aromatic carbocycles. The summed E-state index contributed by atoms with van der Waals surface area (Å²) in [5.41, 5.74) is 6.35. The van der Waals surface area contributed by atoms with Crippen LogP contribution in [0.4, 0.5) is 5.69 Å². The SMILES string of the molecule is C/C(=N\Nc1cccc(C(=O)O)c1)c1cn(C)nc1C. The molecule has 0 radical (unpaired) electrons. The number of aromatic carboxylic acids is 1. The zero-order valence-electron chi connectivity index (χ0n) is 11.6. The second kappa shape index (κ2) is 5.56. The Bertz CT molecular complexity index is 674. The van der Waals surface area contributed by atoms with Gasteiger partial charge in [-0.2, -0.15) is 10.2 Å². The van der Waals surface area contributed by atoms with Gasteiger partial charge >= 0.3 is 5.97 Å². The summed E-state index contributed by atoms with van der Waals surface area (Å²) < 4.78 is 1.73. The van der Waals surface area contributed by atoms with Crippen molar-refractivity contribution in [1.82, 2.24) is 9.78 Å². The highest BCUT2D eigenvalue weighted by atomic mass is 16.4. The van der Waals surface area contributed by atoms with E-state index in [1.54, 1.807) is 16.8 Å². The number of aryl methyl sites for hydroxylation is 2. The molecule has 0 spiro atoms. The summed E-state index contributed by atoms with van der Waals surface area (Å²) in [6.45, 7) is 3.79. The van der Waals surface area contributed by atoms with Gasteiger partial charge in [0.2, 0.25) is 0 Å². The van der Waals surface area contributed by atoms with Crippen molar-refractivity contribution in [2.75, 3.05) is 5.43 Å². The van der Waals surface area contributed by atoms with Crippen LogP contribution < -0.4 is 5.43 Å². The van der Waals surface area contributed by atoms with Crippen molar-refractivity contribution in [3.8, 4) is 0 Å². The Hall–Kier alpha value is -2.63. The number of carboxylic acid groups (broad SMARTS) is 1. The van der Waals surface area contributed by atoms with Crippen LogP contribution in [-0.4, -0.2) is 26.6 Å². The van der Waals surface area contributed by atoms with Crippen molar-refractivity contribution in [2.24, 2.45) is 12.1 Å². The lowest BCUT2D eigenvalue weighted by atomic mass is 10.2. The van der Waals surface area contributed by atoms with Crippen molar-refractivity contribution < 1.29 is 9.90 Å². The number of carbonyl (C=O) groups is 1. The van der Waals surface area contributed by atoms with Gasteiger partial charge in [0.1, 0.15) is 0 Å². The molecule has 0 aliphatic heterocycles. The molecule has 1 heterocycles. The molecule has 0 aliphatic rings. The summed E-state index contributed by atoms with van der Waals surface area (Å²) in [4.78, 5) is 10.9. The first kappa shape index (κ1) is 13.8. The number of anilines is 1. The third-order valence-electron chi connectivity index (χ3n) is 2.87. The van der Waals surface area contributed by atoms with E-state index in [1.165, 1.54) is 12.1 Å². The Morgan fingerprint density at radius 2 is 2.20 bits per heavy atom. The lowest BCUT2D eigenvalue weighted by Crippen LogP contribution is -2.01. The van der Waals surface area contributed by atoms with Gasteiger partial charge in [-0.15, -0.1) is 0 Å². The van der Waals surface area contributed by atoms with E-state index in [1.807, 2.05) is 27.1 Å². The zero-order valence-corrected chi connectivity index (χ0v) is 11.6. The van der Waals surface area contributed by atoms with E-state index in [4.69, 9.17) is 5.11 Å². The van der Waals surface area contributed by atoms with Gasteiger partial charge in [0.25, 0.3) is 0 Å². The van der Waals surface area contributed by atoms with Crippen LogP contribution in [0.25, 0.3) is 0 Å². The number of nitrogens with one attached hydrogen (secondary N) is 1. The van der Waals surface area contributed by atoms with Crippen LogP contribution in [-0.2, 0) is 7.05 Å². The van der Waals surface area contributed by atoms with Crippen molar-refractivity contribution in [3.63, 3.8) is 0 Å². The second-order valence-electron chi connectivity index (χ2n) is 4.50. The number of hydrazone groups is 1. The van der Waals surface area contributed by atoms with Crippen LogP contribution in [0.3, 0.4) is 0 Å². The Morgan fingerprint density at radius 3 is 2.80 bits per heavy atom. The number of nitrogens with zero attached hydrogens (tertiary/aromatic N) is 3. The summed E-state index contributed by atoms with van der Waals surface area (Å²) in [6, 6.07) is 6.51. The highest BCUT2D eigenvalue weighted by Crippen LogP contribution is 2.12. The molecule has 0 bridgehead atoms. The van der Waals surface area contributed by atoms with E-state index in [0.29, 0.717) is 5.69 Å². The van der Waals surface area contributed by atoms with Crippen LogP contribution in [0.15, 0.2) is 35.6 Å². The minimum atomic E-state index is -0.961. The smallest absolute Gasteiger partial charge is 0.335 e. The lowest BCUT2D eigenvalue weighted by Gasteiger charge is -2.03. The molecular weight excluding hydrogens is 256 g/mol. The number of benzene rings is 1. The van der Waals surface area contributed by atoms with Crippen molar-refractivity contribution >= 4 is 17.4 Å². The summed E-state index contributed by atoms with van der Waals surface area (Å²) in [5.74, 6) is -0.961. The molecule has 0 atom stereocenters. The van der Waals surface area contributed by atoms with Gasteiger partial charge in [-0.25, -0.2) is 4.79 Å². The van der Waals surface area contributed by atoms with Gasteiger partial charge in [-0.1, -0.05) is 6.07 Å². The number of hydrogen-bond donors (Lipinski definition) is 2. The Kier molecular flexibility index (Phi) is 3.84. The summed E-state index contributed by atoms with van der Waals surface area (Å²) in [6.07, 6.45) is 1.89. The van der Waals surface area contributed by atoms with Gasteiger partial charge in [0.15, 0.2) is 0 Å². The van der Waals surface area contributed by atoms with Crippen LogP contribution in [0.1, 0.15) is 28.5 Å². The molecule has 0 saturated carbocycles. The molecule has 1 aromatic heterocycles. The summed E-state index contributed by atoms with van der Waals surface area (Å²) in [7, 11) is 1.85. The molecular formula is C14H16N4O2. The topological polar surface area (TPSA) is 79.5 Å². The molecule has 20 heavy (non-hydrogen) atoms. The number of hydrogen-bond acceptors (Lipinski definition) is 4. The Labute approximate surface area is 116 Å². The Balaban J connectivity index is 2.18. The van der Waals surface area contributed by atoms with E-state index in [9.17, 15) is 4.79 Å². The van der Waals surface area contributed by atoms with E-state index < -0.39 is 5.97 Å². The second-order valence-corrected chi connectivity index (χ2v) is 4.50. The molecule has 6 heteroatoms. The molecule has 0 saturated heterocycles.